The van der Waals surface area contributed by atoms with Gasteiger partial charge in [-0.15, -0.1) is 0 Å². The molecule has 0 radical (unpaired) electrons. The summed E-state index contributed by atoms with van der Waals surface area (Å²) in [6, 6.07) is 0. The lowest BCUT2D eigenvalue weighted by atomic mass is 9.44. The summed E-state index contributed by atoms with van der Waals surface area (Å²) in [6.45, 7) is 7.24. The second-order valence-electron chi connectivity index (χ2n) is 13.0. The summed E-state index contributed by atoms with van der Waals surface area (Å²) < 4.78 is 17.8. The Kier molecular flexibility index (Phi) is 6.02. The Balaban J connectivity index is 1.29. The maximum atomic E-state index is 13.6. The number of fused-ring (bicyclic) bond motifs is 4. The molecule has 38 heavy (non-hydrogen) atoms. The number of cyclic esters (lactones) is 1. The maximum absolute atomic E-state index is 13.6. The van der Waals surface area contributed by atoms with Crippen LogP contribution in [0.25, 0.3) is 0 Å². The molecule has 0 aromatic heterocycles. The molecule has 11 unspecified atom stereocenters. The van der Waals surface area contributed by atoms with Crippen molar-refractivity contribution in [1.29, 1.82) is 0 Å². The number of ether oxygens (including phenoxy) is 3. The van der Waals surface area contributed by atoms with Crippen LogP contribution in [0.4, 0.5) is 0 Å². The lowest BCUT2D eigenvalue weighted by Gasteiger charge is -2.58. The first-order valence-corrected chi connectivity index (χ1v) is 14.2. The van der Waals surface area contributed by atoms with Gasteiger partial charge in [-0.3, -0.25) is 9.59 Å². The second-order valence-corrected chi connectivity index (χ2v) is 13.0. The quantitative estimate of drug-likeness (QED) is 0.413. The second kappa shape index (κ2) is 8.73. The van der Waals surface area contributed by atoms with Gasteiger partial charge in [-0.05, 0) is 86.2 Å². The van der Waals surface area contributed by atoms with E-state index in [2.05, 4.69) is 13.8 Å². The summed E-state index contributed by atoms with van der Waals surface area (Å²) >= 11 is 0. The van der Waals surface area contributed by atoms with Crippen molar-refractivity contribution in [2.75, 3.05) is 13.2 Å². The number of rotatable bonds is 5. The molecule has 8 nitrogen and oxygen atoms in total. The Labute approximate surface area is 223 Å². The highest BCUT2D eigenvalue weighted by atomic mass is 16.7. The van der Waals surface area contributed by atoms with Gasteiger partial charge >= 0.3 is 11.9 Å². The maximum Gasteiger partial charge on any atom is 0.336 e. The summed E-state index contributed by atoms with van der Waals surface area (Å²) in [5.41, 5.74) is -0.746. The van der Waals surface area contributed by atoms with Gasteiger partial charge in [0.15, 0.2) is 17.5 Å². The van der Waals surface area contributed by atoms with Crippen LogP contribution in [0.1, 0.15) is 66.2 Å². The highest BCUT2D eigenvalue weighted by Gasteiger charge is 2.82. The molecular formula is C30H40O8. The van der Waals surface area contributed by atoms with Crippen molar-refractivity contribution in [3.05, 3.63) is 23.3 Å². The van der Waals surface area contributed by atoms with Gasteiger partial charge < -0.3 is 24.4 Å². The monoisotopic (exact) mass is 528 g/mol. The summed E-state index contributed by atoms with van der Waals surface area (Å²) in [5, 5.41) is 20.5. The number of aliphatic hydroxyl groups excluding tert-OH is 2. The van der Waals surface area contributed by atoms with E-state index in [1.165, 1.54) is 13.0 Å². The molecule has 6 aliphatic rings. The normalized spacial score (nSPS) is 47.9. The minimum absolute atomic E-state index is 0.0240. The standard InChI is InChI=1S/C30H40O8/c1-15-11-23(37-27(35)19(15)13-31)16(2)20-5-6-21-18-12-26-30(38-26)25(36-17(3)33)8-7-24(34)29(30,14-32)22(18)9-10-28(20,21)4/h7-8,16,18,20-23,25-26,31-32H,5-6,9-14H2,1-4H3. The van der Waals surface area contributed by atoms with Gasteiger partial charge in [0.05, 0.1) is 30.3 Å². The molecular weight excluding hydrogens is 488 g/mol. The average Bonchev–Trinajstić information content (AvgIpc) is 3.49. The molecule has 3 saturated carbocycles. The number of aliphatic hydroxyl groups is 2. The molecule has 0 aromatic carbocycles. The van der Waals surface area contributed by atoms with Crippen molar-refractivity contribution in [2.45, 2.75) is 90.1 Å². The first-order chi connectivity index (χ1) is 18.0. The Morgan fingerprint density at radius 1 is 1.21 bits per heavy atom. The third-order valence-electron chi connectivity index (χ3n) is 11.8. The molecule has 1 saturated heterocycles. The van der Waals surface area contributed by atoms with Gasteiger partial charge in [-0.25, -0.2) is 4.79 Å². The number of carbonyl (C=O) groups is 3. The molecule has 0 amide bonds. The van der Waals surface area contributed by atoms with E-state index >= 15 is 0 Å². The summed E-state index contributed by atoms with van der Waals surface area (Å²) in [7, 11) is 0. The van der Waals surface area contributed by atoms with Crippen molar-refractivity contribution in [3.8, 4) is 0 Å². The molecule has 1 spiro atoms. The molecule has 4 aliphatic carbocycles. The molecule has 8 heteroatoms. The van der Waals surface area contributed by atoms with Crippen LogP contribution >= 0.6 is 0 Å². The highest BCUT2D eigenvalue weighted by Crippen LogP contribution is 2.73. The summed E-state index contributed by atoms with van der Waals surface area (Å²) in [5.74, 6) is 0.152. The van der Waals surface area contributed by atoms with Gasteiger partial charge in [0.2, 0.25) is 0 Å². The number of epoxide rings is 1. The van der Waals surface area contributed by atoms with Crippen LogP contribution in [0.3, 0.4) is 0 Å². The first kappa shape index (κ1) is 26.2. The third-order valence-corrected chi connectivity index (χ3v) is 11.8. The minimum Gasteiger partial charge on any atom is -0.458 e. The average molecular weight is 529 g/mol. The molecule has 4 fully saturated rings. The minimum atomic E-state index is -1.10. The summed E-state index contributed by atoms with van der Waals surface area (Å²) in [6.07, 6.45) is 7.26. The smallest absolute Gasteiger partial charge is 0.336 e. The van der Waals surface area contributed by atoms with Crippen LogP contribution in [0.15, 0.2) is 23.3 Å². The van der Waals surface area contributed by atoms with Gasteiger partial charge in [0.1, 0.15) is 6.10 Å². The van der Waals surface area contributed by atoms with Crippen LogP contribution < -0.4 is 0 Å². The molecule has 2 heterocycles. The molecule has 0 aromatic rings. The van der Waals surface area contributed by atoms with Crippen molar-refractivity contribution in [2.24, 2.45) is 40.4 Å². The van der Waals surface area contributed by atoms with Crippen molar-refractivity contribution >= 4 is 17.7 Å². The van der Waals surface area contributed by atoms with E-state index in [1.807, 2.05) is 6.92 Å². The molecule has 2 aliphatic heterocycles. The van der Waals surface area contributed by atoms with Crippen LogP contribution in [0.2, 0.25) is 0 Å². The lowest BCUT2D eigenvalue weighted by Crippen LogP contribution is -2.67. The van der Waals surface area contributed by atoms with Gasteiger partial charge in [-0.2, -0.15) is 0 Å². The predicted molar refractivity (Wildman–Crippen MR) is 135 cm³/mol. The van der Waals surface area contributed by atoms with Crippen LogP contribution in [0, 0.1) is 40.4 Å². The number of allylic oxidation sites excluding steroid dienone is 1. The number of hydrogen-bond acceptors (Lipinski definition) is 8. The van der Waals surface area contributed by atoms with Gasteiger partial charge in [0.25, 0.3) is 0 Å². The number of ketones is 1. The Morgan fingerprint density at radius 2 is 1.97 bits per heavy atom. The fourth-order valence-corrected chi connectivity index (χ4v) is 10.1. The fraction of sp³-hybridized carbons (Fsp3) is 0.767. The zero-order chi connectivity index (χ0) is 27.2. The predicted octanol–water partition coefficient (Wildman–Crippen LogP) is 2.90. The Bertz CT molecular complexity index is 1130. The first-order valence-electron chi connectivity index (χ1n) is 14.2. The van der Waals surface area contributed by atoms with E-state index in [1.54, 1.807) is 6.08 Å². The van der Waals surface area contributed by atoms with Crippen molar-refractivity contribution in [1.82, 2.24) is 0 Å². The van der Waals surface area contributed by atoms with Crippen molar-refractivity contribution < 1.29 is 38.8 Å². The van der Waals surface area contributed by atoms with E-state index < -0.39 is 29.1 Å². The van der Waals surface area contributed by atoms with E-state index in [-0.39, 0.29) is 54.4 Å². The van der Waals surface area contributed by atoms with E-state index in [9.17, 15) is 24.6 Å². The SMILES string of the molecule is CC(=O)OC1C=CC(=O)C2(CO)C3CCC4(C)C(C(C)C5CC(C)=C(CO)C(=O)O5)CCC4C3CC3OC132. The number of esters is 2. The Morgan fingerprint density at radius 3 is 2.63 bits per heavy atom. The van der Waals surface area contributed by atoms with Crippen molar-refractivity contribution in [3.63, 3.8) is 0 Å². The lowest BCUT2D eigenvalue weighted by molar-refractivity contribution is -0.174. The zero-order valence-electron chi connectivity index (χ0n) is 22.8. The van der Waals surface area contributed by atoms with Crippen LogP contribution in [-0.2, 0) is 28.6 Å². The van der Waals surface area contributed by atoms with Crippen LogP contribution in [-0.4, -0.2) is 65.1 Å². The van der Waals surface area contributed by atoms with E-state index in [4.69, 9.17) is 14.2 Å². The van der Waals surface area contributed by atoms with Gasteiger partial charge in [0, 0.05) is 13.3 Å². The third kappa shape index (κ3) is 3.23. The van der Waals surface area contributed by atoms with Crippen LogP contribution in [0.5, 0.6) is 0 Å². The fourth-order valence-electron chi connectivity index (χ4n) is 10.1. The molecule has 0 bridgehead atoms. The van der Waals surface area contributed by atoms with Gasteiger partial charge in [-0.1, -0.05) is 19.4 Å². The molecule has 2 N–H and O–H groups in total. The number of carbonyl (C=O) groups excluding carboxylic acids is 3. The highest BCUT2D eigenvalue weighted by molar-refractivity contribution is 5.99. The largest absolute Gasteiger partial charge is 0.458 e. The summed E-state index contributed by atoms with van der Waals surface area (Å²) in [4.78, 5) is 38.1. The van der Waals surface area contributed by atoms with E-state index in [0.717, 1.165) is 37.7 Å². The van der Waals surface area contributed by atoms with E-state index in [0.29, 0.717) is 23.8 Å². The molecule has 208 valence electrons. The Hall–Kier alpha value is -2.03. The molecule has 6 rings (SSSR count). The topological polar surface area (TPSA) is 123 Å². The zero-order valence-corrected chi connectivity index (χ0v) is 22.8. The molecule has 11 atom stereocenters. The number of hydrogen-bond donors (Lipinski definition) is 2.